The molecule has 0 unspecified atom stereocenters. The van der Waals surface area contributed by atoms with Gasteiger partial charge in [-0.2, -0.15) is 0 Å². The lowest BCUT2D eigenvalue weighted by molar-refractivity contribution is -0.0601. The highest BCUT2D eigenvalue weighted by atomic mass is 16.7. The molecule has 0 atom stereocenters. The smallest absolute Gasteiger partial charge is 0.405 e. The van der Waals surface area contributed by atoms with Gasteiger partial charge in [0.05, 0.1) is 11.2 Å². The molecule has 1 heterocycles. The summed E-state index contributed by atoms with van der Waals surface area (Å²) in [6.45, 7) is 8.69. The highest BCUT2D eigenvalue weighted by Crippen LogP contribution is 2.44. The molecule has 0 N–H and O–H groups in total. The van der Waals surface area contributed by atoms with Crippen LogP contribution < -0.4 is 0 Å². The van der Waals surface area contributed by atoms with Crippen LogP contribution in [-0.2, 0) is 9.31 Å². The standard InChI is InChI=1S/C10H20BO2/c1-5-9(6-2)10(7-3,8-4)13-11-12-9/h5-8H2,1-4H3. The normalized spacial score (nSPS) is 24.3. The van der Waals surface area contributed by atoms with Gasteiger partial charge >= 0.3 is 7.69 Å². The van der Waals surface area contributed by atoms with E-state index in [9.17, 15) is 0 Å². The van der Waals surface area contributed by atoms with Crippen LogP contribution in [0.5, 0.6) is 0 Å². The minimum absolute atomic E-state index is 0.0868. The molecule has 0 aromatic carbocycles. The Morgan fingerprint density at radius 3 is 1.31 bits per heavy atom. The molecule has 75 valence electrons. The maximum absolute atomic E-state index is 5.69. The summed E-state index contributed by atoms with van der Waals surface area (Å²) >= 11 is 0. The average Bonchev–Trinajstić information content (AvgIpc) is 2.57. The van der Waals surface area contributed by atoms with Crippen molar-refractivity contribution in [2.75, 3.05) is 0 Å². The molecule has 13 heavy (non-hydrogen) atoms. The zero-order valence-corrected chi connectivity index (χ0v) is 9.22. The van der Waals surface area contributed by atoms with Gasteiger partial charge in [-0.1, -0.05) is 27.7 Å². The molecule has 1 radical (unpaired) electrons. The van der Waals surface area contributed by atoms with Crippen LogP contribution in [0.15, 0.2) is 0 Å². The summed E-state index contributed by atoms with van der Waals surface area (Å²) in [5.74, 6) is 0. The van der Waals surface area contributed by atoms with Gasteiger partial charge < -0.3 is 9.31 Å². The van der Waals surface area contributed by atoms with Gasteiger partial charge in [-0.05, 0) is 25.7 Å². The molecule has 0 saturated carbocycles. The van der Waals surface area contributed by atoms with E-state index in [0.717, 1.165) is 25.7 Å². The van der Waals surface area contributed by atoms with Gasteiger partial charge in [0.25, 0.3) is 0 Å². The van der Waals surface area contributed by atoms with Crippen molar-refractivity contribution in [1.82, 2.24) is 0 Å². The Balaban J connectivity index is 2.92. The molecule has 2 nitrogen and oxygen atoms in total. The van der Waals surface area contributed by atoms with E-state index >= 15 is 0 Å². The molecule has 0 bridgehead atoms. The lowest BCUT2D eigenvalue weighted by Crippen LogP contribution is -2.50. The van der Waals surface area contributed by atoms with Gasteiger partial charge in [-0.3, -0.25) is 0 Å². The van der Waals surface area contributed by atoms with Gasteiger partial charge in [0.2, 0.25) is 0 Å². The maximum Gasteiger partial charge on any atom is 0.489 e. The fraction of sp³-hybridized carbons (Fsp3) is 1.00. The van der Waals surface area contributed by atoms with Gasteiger partial charge in [0, 0.05) is 0 Å². The van der Waals surface area contributed by atoms with Crippen LogP contribution in [0.3, 0.4) is 0 Å². The third-order valence-electron chi connectivity index (χ3n) is 3.66. The topological polar surface area (TPSA) is 18.5 Å². The molecule has 1 aliphatic heterocycles. The molecule has 0 amide bonds. The number of hydrogen-bond donors (Lipinski definition) is 0. The predicted octanol–water partition coefficient (Wildman–Crippen LogP) is 2.69. The fourth-order valence-electron chi connectivity index (χ4n) is 2.55. The largest absolute Gasteiger partial charge is 0.489 e. The van der Waals surface area contributed by atoms with E-state index in [4.69, 9.17) is 9.31 Å². The monoisotopic (exact) mass is 183 g/mol. The molecule has 0 aliphatic carbocycles. The molecular formula is C10H20BO2. The summed E-state index contributed by atoms with van der Waals surface area (Å²) < 4.78 is 11.4. The summed E-state index contributed by atoms with van der Waals surface area (Å²) in [7, 11) is 1.54. The third kappa shape index (κ3) is 1.42. The SMILES string of the molecule is CCC1(CC)O[B]OC1(CC)CC. The summed E-state index contributed by atoms with van der Waals surface area (Å²) in [5.41, 5.74) is -0.174. The van der Waals surface area contributed by atoms with E-state index in [0.29, 0.717) is 0 Å². The van der Waals surface area contributed by atoms with Crippen molar-refractivity contribution in [3.05, 3.63) is 0 Å². The van der Waals surface area contributed by atoms with Crippen molar-refractivity contribution in [1.29, 1.82) is 0 Å². The molecular weight excluding hydrogens is 163 g/mol. The Hall–Kier alpha value is -0.0151. The van der Waals surface area contributed by atoms with E-state index in [1.807, 2.05) is 0 Å². The summed E-state index contributed by atoms with van der Waals surface area (Å²) in [6, 6.07) is 0. The first-order valence-corrected chi connectivity index (χ1v) is 5.37. The minimum Gasteiger partial charge on any atom is -0.405 e. The highest BCUT2D eigenvalue weighted by molar-refractivity contribution is 6.19. The fourth-order valence-corrected chi connectivity index (χ4v) is 2.55. The van der Waals surface area contributed by atoms with Crippen LogP contribution in [-0.4, -0.2) is 18.9 Å². The first-order valence-electron chi connectivity index (χ1n) is 5.37. The number of hydrogen-bond acceptors (Lipinski definition) is 2. The molecule has 1 rings (SSSR count). The predicted molar refractivity (Wildman–Crippen MR) is 54.6 cm³/mol. The van der Waals surface area contributed by atoms with Crippen LogP contribution in [0.2, 0.25) is 0 Å². The molecule has 0 aromatic rings. The molecule has 1 aliphatic rings. The quantitative estimate of drug-likeness (QED) is 0.623. The molecule has 1 fully saturated rings. The zero-order valence-electron chi connectivity index (χ0n) is 9.22. The molecule has 0 spiro atoms. The van der Waals surface area contributed by atoms with E-state index in [2.05, 4.69) is 27.7 Å². The van der Waals surface area contributed by atoms with Gasteiger partial charge in [-0.15, -0.1) is 0 Å². The first kappa shape index (κ1) is 11.1. The van der Waals surface area contributed by atoms with E-state index in [1.54, 1.807) is 7.69 Å². The third-order valence-corrected chi connectivity index (χ3v) is 3.66. The Bertz CT molecular complexity index is 144. The van der Waals surface area contributed by atoms with Crippen LogP contribution in [0.25, 0.3) is 0 Å². The Morgan fingerprint density at radius 1 is 0.769 bits per heavy atom. The van der Waals surface area contributed by atoms with Crippen molar-refractivity contribution in [3.63, 3.8) is 0 Å². The summed E-state index contributed by atoms with van der Waals surface area (Å²) in [5, 5.41) is 0. The van der Waals surface area contributed by atoms with Crippen LogP contribution in [0.4, 0.5) is 0 Å². The van der Waals surface area contributed by atoms with Crippen molar-refractivity contribution in [2.45, 2.75) is 64.6 Å². The van der Waals surface area contributed by atoms with Gasteiger partial charge in [-0.25, -0.2) is 0 Å². The molecule has 1 saturated heterocycles. The van der Waals surface area contributed by atoms with Crippen molar-refractivity contribution in [2.24, 2.45) is 0 Å². The number of rotatable bonds is 4. The van der Waals surface area contributed by atoms with Gasteiger partial charge in [0.15, 0.2) is 0 Å². The minimum atomic E-state index is -0.0868. The summed E-state index contributed by atoms with van der Waals surface area (Å²) in [6.07, 6.45) is 4.06. The maximum atomic E-state index is 5.69. The average molecular weight is 183 g/mol. The van der Waals surface area contributed by atoms with Crippen LogP contribution in [0, 0.1) is 0 Å². The van der Waals surface area contributed by atoms with E-state index in [1.165, 1.54) is 0 Å². The Labute approximate surface area is 82.3 Å². The Morgan fingerprint density at radius 2 is 1.08 bits per heavy atom. The Kier molecular flexibility index (Phi) is 3.41. The van der Waals surface area contributed by atoms with E-state index in [-0.39, 0.29) is 11.2 Å². The van der Waals surface area contributed by atoms with Crippen molar-refractivity contribution in [3.8, 4) is 0 Å². The van der Waals surface area contributed by atoms with Gasteiger partial charge in [0.1, 0.15) is 0 Å². The van der Waals surface area contributed by atoms with Crippen molar-refractivity contribution < 1.29 is 9.31 Å². The van der Waals surface area contributed by atoms with E-state index < -0.39 is 0 Å². The van der Waals surface area contributed by atoms with Crippen LogP contribution >= 0.6 is 0 Å². The second-order valence-electron chi connectivity index (χ2n) is 3.73. The summed E-state index contributed by atoms with van der Waals surface area (Å²) in [4.78, 5) is 0. The molecule has 3 heteroatoms. The highest BCUT2D eigenvalue weighted by Gasteiger charge is 2.53. The second kappa shape index (κ2) is 4.01. The zero-order chi connectivity index (χ0) is 9.95. The van der Waals surface area contributed by atoms with Crippen LogP contribution in [0.1, 0.15) is 53.4 Å². The molecule has 0 aromatic heterocycles. The van der Waals surface area contributed by atoms with Crippen molar-refractivity contribution >= 4 is 7.69 Å². The first-order chi connectivity index (χ1) is 6.20. The lowest BCUT2D eigenvalue weighted by atomic mass is 9.75. The lowest BCUT2D eigenvalue weighted by Gasteiger charge is -2.42. The second-order valence-corrected chi connectivity index (χ2v) is 3.73.